The highest BCUT2D eigenvalue weighted by Crippen LogP contribution is 2.24. The van der Waals surface area contributed by atoms with Gasteiger partial charge in [-0.15, -0.1) is 0 Å². The first kappa shape index (κ1) is 21.7. The SMILES string of the molecule is CCCCCc1nc(CC(C)C)nn1Cc1ccc(-c2ccncc2C(=O)O)cc1. The number of carboxylic acid groups (broad SMARTS) is 1. The molecule has 0 spiro atoms. The number of rotatable bonds is 10. The van der Waals surface area contributed by atoms with Gasteiger partial charge < -0.3 is 5.11 Å². The van der Waals surface area contributed by atoms with E-state index in [1.54, 1.807) is 12.3 Å². The summed E-state index contributed by atoms with van der Waals surface area (Å²) in [5.41, 5.74) is 2.85. The molecule has 158 valence electrons. The molecule has 1 N–H and O–H groups in total. The Balaban J connectivity index is 1.81. The number of hydrogen-bond acceptors (Lipinski definition) is 4. The molecule has 0 atom stereocenters. The average molecular weight is 407 g/mol. The number of benzene rings is 1. The van der Waals surface area contributed by atoms with Crippen molar-refractivity contribution < 1.29 is 9.90 Å². The number of unbranched alkanes of at least 4 members (excludes halogenated alkanes) is 2. The molecule has 0 aliphatic carbocycles. The Kier molecular flexibility index (Phi) is 7.33. The van der Waals surface area contributed by atoms with Crippen LogP contribution in [0, 0.1) is 5.92 Å². The van der Waals surface area contributed by atoms with E-state index in [0.29, 0.717) is 18.0 Å². The first-order chi connectivity index (χ1) is 14.5. The van der Waals surface area contributed by atoms with Gasteiger partial charge in [-0.25, -0.2) is 14.5 Å². The van der Waals surface area contributed by atoms with Crippen LogP contribution in [0.25, 0.3) is 11.1 Å². The van der Waals surface area contributed by atoms with Crippen LogP contribution in [-0.2, 0) is 19.4 Å². The van der Waals surface area contributed by atoms with E-state index in [1.165, 1.54) is 19.0 Å². The summed E-state index contributed by atoms with van der Waals surface area (Å²) in [4.78, 5) is 20.2. The maximum absolute atomic E-state index is 11.5. The number of hydrogen-bond donors (Lipinski definition) is 1. The fraction of sp³-hybridized carbons (Fsp3) is 0.417. The molecule has 0 amide bonds. The number of nitrogens with zero attached hydrogens (tertiary/aromatic N) is 4. The molecule has 6 nitrogen and oxygen atoms in total. The Morgan fingerprint density at radius 2 is 1.90 bits per heavy atom. The minimum Gasteiger partial charge on any atom is -0.478 e. The first-order valence-corrected chi connectivity index (χ1v) is 10.7. The van der Waals surface area contributed by atoms with Crippen molar-refractivity contribution >= 4 is 5.97 Å². The smallest absolute Gasteiger partial charge is 0.337 e. The average Bonchev–Trinajstić information content (AvgIpc) is 3.09. The molecule has 6 heteroatoms. The maximum atomic E-state index is 11.5. The third-order valence-electron chi connectivity index (χ3n) is 5.04. The molecule has 0 aliphatic heterocycles. The summed E-state index contributed by atoms with van der Waals surface area (Å²) in [6.07, 6.45) is 8.32. The van der Waals surface area contributed by atoms with Crippen LogP contribution in [-0.4, -0.2) is 30.8 Å². The molecule has 1 aromatic carbocycles. The van der Waals surface area contributed by atoms with E-state index >= 15 is 0 Å². The first-order valence-electron chi connectivity index (χ1n) is 10.7. The summed E-state index contributed by atoms with van der Waals surface area (Å²) in [5, 5.41) is 14.2. The van der Waals surface area contributed by atoms with Crippen molar-refractivity contribution in [2.24, 2.45) is 5.92 Å². The van der Waals surface area contributed by atoms with Crippen LogP contribution in [0.1, 0.15) is 67.6 Å². The van der Waals surface area contributed by atoms with Crippen molar-refractivity contribution in [3.63, 3.8) is 0 Å². The lowest BCUT2D eigenvalue weighted by Crippen LogP contribution is -2.07. The van der Waals surface area contributed by atoms with Crippen LogP contribution < -0.4 is 0 Å². The lowest BCUT2D eigenvalue weighted by molar-refractivity contribution is 0.0697. The molecular formula is C24H30N4O2. The molecule has 0 aliphatic rings. The molecule has 0 radical (unpaired) electrons. The summed E-state index contributed by atoms with van der Waals surface area (Å²) in [6.45, 7) is 7.23. The number of aromatic nitrogens is 4. The standard InChI is InChI=1S/C24H30N4O2/c1-4-5-6-7-23-26-22(14-17(2)3)27-28(23)16-18-8-10-19(11-9-18)20-12-13-25-15-21(20)24(29)30/h8-13,15,17H,4-7,14,16H2,1-3H3,(H,29,30). The Morgan fingerprint density at radius 1 is 1.13 bits per heavy atom. The van der Waals surface area contributed by atoms with E-state index < -0.39 is 5.97 Å². The lowest BCUT2D eigenvalue weighted by atomic mass is 10.0. The van der Waals surface area contributed by atoms with Gasteiger partial charge in [0.2, 0.25) is 0 Å². The number of aromatic carboxylic acids is 1. The Morgan fingerprint density at radius 3 is 2.57 bits per heavy atom. The third-order valence-corrected chi connectivity index (χ3v) is 5.04. The number of aryl methyl sites for hydroxylation is 1. The van der Waals surface area contributed by atoms with Crippen LogP contribution in [0.5, 0.6) is 0 Å². The Bertz CT molecular complexity index is 977. The van der Waals surface area contributed by atoms with Crippen LogP contribution in [0.15, 0.2) is 42.7 Å². The number of pyridine rings is 1. The van der Waals surface area contributed by atoms with Crippen LogP contribution in [0.2, 0.25) is 0 Å². The van der Waals surface area contributed by atoms with Gasteiger partial charge in [-0.1, -0.05) is 57.9 Å². The maximum Gasteiger partial charge on any atom is 0.337 e. The van der Waals surface area contributed by atoms with Crippen molar-refractivity contribution in [1.29, 1.82) is 0 Å². The monoisotopic (exact) mass is 406 g/mol. The zero-order chi connectivity index (χ0) is 21.5. The molecule has 3 aromatic rings. The second kappa shape index (κ2) is 10.1. The summed E-state index contributed by atoms with van der Waals surface area (Å²) in [6, 6.07) is 9.71. The fourth-order valence-corrected chi connectivity index (χ4v) is 3.50. The topological polar surface area (TPSA) is 80.9 Å². The molecule has 2 aromatic heterocycles. The van der Waals surface area contributed by atoms with Crippen molar-refractivity contribution in [2.75, 3.05) is 0 Å². The van der Waals surface area contributed by atoms with Gasteiger partial charge >= 0.3 is 5.97 Å². The molecule has 2 heterocycles. The van der Waals surface area contributed by atoms with E-state index in [4.69, 9.17) is 10.1 Å². The normalized spacial score (nSPS) is 11.2. The van der Waals surface area contributed by atoms with Gasteiger partial charge in [-0.05, 0) is 35.1 Å². The molecule has 3 rings (SSSR count). The van der Waals surface area contributed by atoms with Gasteiger partial charge in [0.05, 0.1) is 12.1 Å². The largest absolute Gasteiger partial charge is 0.478 e. The molecule has 0 bridgehead atoms. The van der Waals surface area contributed by atoms with Crippen molar-refractivity contribution in [3.05, 3.63) is 65.5 Å². The molecular weight excluding hydrogens is 376 g/mol. The summed E-state index contributed by atoms with van der Waals surface area (Å²) in [5.74, 6) is 1.51. The van der Waals surface area contributed by atoms with Crippen LogP contribution in [0.3, 0.4) is 0 Å². The summed E-state index contributed by atoms with van der Waals surface area (Å²) >= 11 is 0. The second-order valence-corrected chi connectivity index (χ2v) is 8.08. The van der Waals surface area contributed by atoms with Gasteiger partial charge in [0.1, 0.15) is 5.82 Å². The quantitative estimate of drug-likeness (QED) is 0.478. The number of carbonyl (C=O) groups is 1. The molecule has 0 unspecified atom stereocenters. The minimum atomic E-state index is -0.973. The minimum absolute atomic E-state index is 0.207. The Labute approximate surface area is 178 Å². The lowest BCUT2D eigenvalue weighted by Gasteiger charge is -2.09. The van der Waals surface area contributed by atoms with Crippen molar-refractivity contribution in [1.82, 2.24) is 19.7 Å². The zero-order valence-corrected chi connectivity index (χ0v) is 18.0. The van der Waals surface area contributed by atoms with Crippen molar-refractivity contribution in [3.8, 4) is 11.1 Å². The van der Waals surface area contributed by atoms with Crippen LogP contribution >= 0.6 is 0 Å². The summed E-state index contributed by atoms with van der Waals surface area (Å²) in [7, 11) is 0. The van der Waals surface area contributed by atoms with Crippen LogP contribution in [0.4, 0.5) is 0 Å². The molecule has 0 saturated carbocycles. The predicted octanol–water partition coefficient (Wildman–Crippen LogP) is 5.02. The van der Waals surface area contributed by atoms with Gasteiger partial charge in [-0.3, -0.25) is 4.98 Å². The van der Waals surface area contributed by atoms with E-state index in [2.05, 4.69) is 25.8 Å². The third kappa shape index (κ3) is 5.53. The van der Waals surface area contributed by atoms with Gasteiger partial charge in [-0.2, -0.15) is 5.10 Å². The second-order valence-electron chi connectivity index (χ2n) is 8.08. The van der Waals surface area contributed by atoms with E-state index in [-0.39, 0.29) is 5.56 Å². The highest BCUT2D eigenvalue weighted by molar-refractivity contribution is 5.95. The van der Waals surface area contributed by atoms with Gasteiger partial charge in [0.25, 0.3) is 0 Å². The molecule has 0 saturated heterocycles. The highest BCUT2D eigenvalue weighted by Gasteiger charge is 2.13. The van der Waals surface area contributed by atoms with E-state index in [0.717, 1.165) is 42.0 Å². The molecule has 30 heavy (non-hydrogen) atoms. The number of carboxylic acids is 1. The Hall–Kier alpha value is -3.02. The van der Waals surface area contributed by atoms with Gasteiger partial charge in [0.15, 0.2) is 5.82 Å². The predicted molar refractivity (Wildman–Crippen MR) is 118 cm³/mol. The van der Waals surface area contributed by atoms with Gasteiger partial charge in [0, 0.05) is 25.2 Å². The van der Waals surface area contributed by atoms with Crippen molar-refractivity contribution in [2.45, 2.75) is 59.4 Å². The summed E-state index contributed by atoms with van der Waals surface area (Å²) < 4.78 is 2.03. The highest BCUT2D eigenvalue weighted by atomic mass is 16.4. The molecule has 0 fully saturated rings. The fourth-order valence-electron chi connectivity index (χ4n) is 3.50. The zero-order valence-electron chi connectivity index (χ0n) is 18.0. The van der Waals surface area contributed by atoms with E-state index in [9.17, 15) is 9.90 Å². The van der Waals surface area contributed by atoms with E-state index in [1.807, 2.05) is 28.9 Å².